The Morgan fingerprint density at radius 3 is 2.53 bits per heavy atom. The summed E-state index contributed by atoms with van der Waals surface area (Å²) in [4.78, 5) is 11.7. The Morgan fingerprint density at radius 2 is 2.00 bits per heavy atom. The van der Waals surface area contributed by atoms with Crippen molar-refractivity contribution in [1.29, 1.82) is 0 Å². The molecule has 0 aliphatic carbocycles. The fraction of sp³-hybridized carbons (Fsp3) is 0.562. The molecule has 0 heterocycles. The second kappa shape index (κ2) is 6.56. The summed E-state index contributed by atoms with van der Waals surface area (Å²) in [6, 6.07) is 6.41. The standard InChI is InChI=1S/C16H23BrO2/c1-6-12(3)14-8-11(2)7-13(9-14)10-19-15(18)16(4,5)17/h7-9,12H,6,10H2,1-5H3. The maximum atomic E-state index is 11.7. The van der Waals surface area contributed by atoms with Crippen molar-refractivity contribution in [3.8, 4) is 0 Å². The molecule has 0 fully saturated rings. The maximum absolute atomic E-state index is 11.7. The van der Waals surface area contributed by atoms with Crippen molar-refractivity contribution >= 4 is 21.9 Å². The molecule has 1 rings (SSSR count). The maximum Gasteiger partial charge on any atom is 0.322 e. The van der Waals surface area contributed by atoms with Gasteiger partial charge in [-0.15, -0.1) is 0 Å². The largest absolute Gasteiger partial charge is 0.460 e. The number of halogens is 1. The minimum Gasteiger partial charge on any atom is -0.460 e. The molecule has 0 saturated heterocycles. The first kappa shape index (κ1) is 16.2. The van der Waals surface area contributed by atoms with Crippen molar-refractivity contribution in [2.75, 3.05) is 0 Å². The highest BCUT2D eigenvalue weighted by molar-refractivity contribution is 9.10. The van der Waals surface area contributed by atoms with Crippen LogP contribution in [-0.4, -0.2) is 10.3 Å². The van der Waals surface area contributed by atoms with Crippen molar-refractivity contribution in [3.63, 3.8) is 0 Å². The minimum absolute atomic E-state index is 0.237. The lowest BCUT2D eigenvalue weighted by Gasteiger charge is -2.16. The molecule has 106 valence electrons. The lowest BCUT2D eigenvalue weighted by molar-refractivity contribution is -0.146. The Morgan fingerprint density at radius 1 is 1.37 bits per heavy atom. The number of aryl methyl sites for hydroxylation is 1. The predicted molar refractivity (Wildman–Crippen MR) is 82.7 cm³/mol. The fourth-order valence-corrected chi connectivity index (χ4v) is 1.93. The van der Waals surface area contributed by atoms with Gasteiger partial charge in [0.1, 0.15) is 10.9 Å². The second-order valence-corrected chi connectivity index (χ2v) is 7.59. The molecule has 0 aliphatic heterocycles. The molecule has 0 amide bonds. The number of hydrogen-bond acceptors (Lipinski definition) is 2. The molecule has 2 nitrogen and oxygen atoms in total. The van der Waals surface area contributed by atoms with Crippen LogP contribution in [0.4, 0.5) is 0 Å². The molecular weight excluding hydrogens is 304 g/mol. The third kappa shape index (κ3) is 4.98. The van der Waals surface area contributed by atoms with E-state index < -0.39 is 4.32 Å². The van der Waals surface area contributed by atoms with Crippen LogP contribution in [0.25, 0.3) is 0 Å². The van der Waals surface area contributed by atoms with E-state index in [-0.39, 0.29) is 5.97 Å². The number of alkyl halides is 1. The summed E-state index contributed by atoms with van der Waals surface area (Å²) in [5.74, 6) is 0.293. The number of carbonyl (C=O) groups excluding carboxylic acids is 1. The highest BCUT2D eigenvalue weighted by atomic mass is 79.9. The summed E-state index contributed by atoms with van der Waals surface area (Å²) in [5.41, 5.74) is 3.58. The van der Waals surface area contributed by atoms with Gasteiger partial charge in [0, 0.05) is 0 Å². The fourth-order valence-electron chi connectivity index (χ4n) is 1.82. The molecule has 1 unspecified atom stereocenters. The van der Waals surface area contributed by atoms with Crippen LogP contribution in [0.1, 0.15) is 56.7 Å². The van der Waals surface area contributed by atoms with Gasteiger partial charge in [0.05, 0.1) is 0 Å². The van der Waals surface area contributed by atoms with E-state index in [9.17, 15) is 4.79 Å². The quantitative estimate of drug-likeness (QED) is 0.577. The Balaban J connectivity index is 2.79. The summed E-state index contributed by atoms with van der Waals surface area (Å²) in [5, 5.41) is 0. The molecule has 0 N–H and O–H groups in total. The first-order chi connectivity index (χ1) is 8.74. The Hall–Kier alpha value is -0.830. The normalized spacial score (nSPS) is 13.2. The third-order valence-corrected chi connectivity index (χ3v) is 3.52. The zero-order valence-electron chi connectivity index (χ0n) is 12.4. The van der Waals surface area contributed by atoms with Gasteiger partial charge in [0.15, 0.2) is 0 Å². The van der Waals surface area contributed by atoms with E-state index in [4.69, 9.17) is 4.74 Å². The molecule has 0 aromatic heterocycles. The van der Waals surface area contributed by atoms with Crippen molar-refractivity contribution < 1.29 is 9.53 Å². The predicted octanol–water partition coefficient (Wildman–Crippen LogP) is 4.73. The molecule has 1 atom stereocenters. The van der Waals surface area contributed by atoms with Crippen LogP contribution in [0.3, 0.4) is 0 Å². The second-order valence-electron chi connectivity index (χ2n) is 5.61. The minimum atomic E-state index is -0.629. The van der Waals surface area contributed by atoms with Crippen LogP contribution >= 0.6 is 15.9 Å². The molecule has 0 aliphatic rings. The molecule has 1 aromatic rings. The molecule has 0 saturated carbocycles. The van der Waals surface area contributed by atoms with Crippen molar-refractivity contribution in [2.24, 2.45) is 0 Å². The molecule has 3 heteroatoms. The molecule has 0 spiro atoms. The van der Waals surface area contributed by atoms with Crippen LogP contribution in [0.2, 0.25) is 0 Å². The SMILES string of the molecule is CCC(C)c1cc(C)cc(COC(=O)C(C)(C)Br)c1. The van der Waals surface area contributed by atoms with E-state index in [1.165, 1.54) is 11.1 Å². The van der Waals surface area contributed by atoms with Gasteiger partial charge in [-0.25, -0.2) is 0 Å². The summed E-state index contributed by atoms with van der Waals surface area (Å²) < 4.78 is 4.70. The number of rotatable bonds is 5. The smallest absolute Gasteiger partial charge is 0.322 e. The average molecular weight is 327 g/mol. The van der Waals surface area contributed by atoms with Gasteiger partial charge in [-0.3, -0.25) is 4.79 Å². The van der Waals surface area contributed by atoms with Crippen LogP contribution in [0.5, 0.6) is 0 Å². The van der Waals surface area contributed by atoms with E-state index >= 15 is 0 Å². The van der Waals surface area contributed by atoms with Gasteiger partial charge < -0.3 is 4.74 Å². The van der Waals surface area contributed by atoms with E-state index in [0.29, 0.717) is 12.5 Å². The lowest BCUT2D eigenvalue weighted by Crippen LogP contribution is -2.26. The van der Waals surface area contributed by atoms with Gasteiger partial charge in [0.2, 0.25) is 0 Å². The Kier molecular flexibility index (Phi) is 5.60. The number of ether oxygens (including phenoxy) is 1. The van der Waals surface area contributed by atoms with Crippen LogP contribution in [0, 0.1) is 6.92 Å². The van der Waals surface area contributed by atoms with Crippen LogP contribution in [-0.2, 0) is 16.1 Å². The highest BCUT2D eigenvalue weighted by Crippen LogP contribution is 2.23. The van der Waals surface area contributed by atoms with Gasteiger partial charge in [0.25, 0.3) is 0 Å². The summed E-state index contributed by atoms with van der Waals surface area (Å²) in [6.45, 7) is 10.4. The van der Waals surface area contributed by atoms with E-state index in [0.717, 1.165) is 12.0 Å². The molecule has 0 radical (unpaired) electrons. The lowest BCUT2D eigenvalue weighted by atomic mass is 9.95. The van der Waals surface area contributed by atoms with E-state index in [1.807, 2.05) is 0 Å². The Labute approximate surface area is 124 Å². The van der Waals surface area contributed by atoms with E-state index in [1.54, 1.807) is 13.8 Å². The monoisotopic (exact) mass is 326 g/mol. The average Bonchev–Trinajstić information content (AvgIpc) is 2.33. The van der Waals surface area contributed by atoms with Crippen molar-refractivity contribution in [1.82, 2.24) is 0 Å². The molecular formula is C16H23BrO2. The zero-order chi connectivity index (χ0) is 14.6. The number of carbonyl (C=O) groups is 1. The molecule has 0 bridgehead atoms. The summed E-state index contributed by atoms with van der Waals surface area (Å²) in [6.07, 6.45) is 1.11. The summed E-state index contributed by atoms with van der Waals surface area (Å²) in [7, 11) is 0. The van der Waals surface area contributed by atoms with Crippen molar-refractivity contribution in [3.05, 3.63) is 34.9 Å². The topological polar surface area (TPSA) is 26.3 Å². The third-order valence-electron chi connectivity index (χ3n) is 3.20. The van der Waals surface area contributed by atoms with E-state index in [2.05, 4.69) is 54.9 Å². The number of benzene rings is 1. The first-order valence-electron chi connectivity index (χ1n) is 6.70. The highest BCUT2D eigenvalue weighted by Gasteiger charge is 2.25. The number of hydrogen-bond donors (Lipinski definition) is 0. The first-order valence-corrected chi connectivity index (χ1v) is 7.50. The molecule has 19 heavy (non-hydrogen) atoms. The Bertz CT molecular complexity index is 447. The van der Waals surface area contributed by atoms with Gasteiger partial charge in [-0.1, -0.05) is 53.5 Å². The van der Waals surface area contributed by atoms with Gasteiger partial charge in [-0.05, 0) is 44.2 Å². The summed E-state index contributed by atoms with van der Waals surface area (Å²) >= 11 is 3.31. The van der Waals surface area contributed by atoms with Gasteiger partial charge in [-0.2, -0.15) is 0 Å². The number of esters is 1. The van der Waals surface area contributed by atoms with Crippen LogP contribution < -0.4 is 0 Å². The zero-order valence-corrected chi connectivity index (χ0v) is 14.0. The van der Waals surface area contributed by atoms with Crippen molar-refractivity contribution in [2.45, 2.75) is 57.9 Å². The van der Waals surface area contributed by atoms with Crippen LogP contribution in [0.15, 0.2) is 18.2 Å². The van der Waals surface area contributed by atoms with Gasteiger partial charge >= 0.3 is 5.97 Å². The molecule has 1 aromatic carbocycles.